The molecule has 8 rings (SSSR count). The number of carbonyl (C=O) groups excluding carboxylic acids is 1. The first-order valence-electron chi connectivity index (χ1n) is 18.6. The van der Waals surface area contributed by atoms with Crippen LogP contribution in [0.25, 0.3) is 0 Å². The third-order valence-electron chi connectivity index (χ3n) is 10.9. The summed E-state index contributed by atoms with van der Waals surface area (Å²) in [7, 11) is 8.23. The molecule has 56 heavy (non-hydrogen) atoms. The summed E-state index contributed by atoms with van der Waals surface area (Å²) >= 11 is 0. The summed E-state index contributed by atoms with van der Waals surface area (Å²) in [6.45, 7) is 10.9. The first kappa shape index (κ1) is 41.7. The molecule has 19 nitrogen and oxygen atoms in total. The van der Waals surface area contributed by atoms with Crippen LogP contribution in [0.15, 0.2) is 39.8 Å². The SMILES string of the molecule is COC1C(C)[C@H]2O[C@@H]1COc1nc(=O)c(C)cn12.COC[C@H]1O[C@@H](N2C=C(C)C(=O)NC2C)C(C)C1OC.COC[C@H]1O[C@@H]2C(Oc3nc(=O)ccn32)C1OC. The van der Waals surface area contributed by atoms with Gasteiger partial charge in [-0.2, -0.15) is 9.97 Å². The zero-order valence-corrected chi connectivity index (χ0v) is 33.5. The molecule has 0 radical (unpaired) electrons. The molecule has 2 bridgehead atoms. The maximum absolute atomic E-state index is 11.6. The summed E-state index contributed by atoms with van der Waals surface area (Å²) in [4.78, 5) is 44.1. The molecule has 310 valence electrons. The van der Waals surface area contributed by atoms with E-state index in [1.165, 1.54) is 6.07 Å². The minimum absolute atomic E-state index is 0.00267. The van der Waals surface area contributed by atoms with E-state index in [0.717, 1.165) is 0 Å². The molecular weight excluding hydrogens is 736 g/mol. The lowest BCUT2D eigenvalue weighted by molar-refractivity contribution is -0.125. The van der Waals surface area contributed by atoms with Gasteiger partial charge in [0.25, 0.3) is 11.1 Å². The van der Waals surface area contributed by atoms with E-state index < -0.39 is 0 Å². The van der Waals surface area contributed by atoms with E-state index in [0.29, 0.717) is 37.0 Å². The van der Waals surface area contributed by atoms with Gasteiger partial charge in [-0.3, -0.25) is 23.5 Å². The summed E-state index contributed by atoms with van der Waals surface area (Å²) in [5, 5.41) is 2.92. The molecule has 2 aromatic heterocycles. The fraction of sp³-hybridized carbons (Fsp3) is 0.703. The summed E-state index contributed by atoms with van der Waals surface area (Å²) < 4.78 is 59.3. The van der Waals surface area contributed by atoms with Gasteiger partial charge < -0.3 is 57.6 Å². The second-order valence-corrected chi connectivity index (χ2v) is 14.6. The quantitative estimate of drug-likeness (QED) is 0.393. The Labute approximate surface area is 325 Å². The molecule has 8 heterocycles. The molecule has 7 unspecified atom stereocenters. The lowest BCUT2D eigenvalue weighted by Crippen LogP contribution is -2.53. The maximum Gasteiger partial charge on any atom is 0.302 e. The van der Waals surface area contributed by atoms with Gasteiger partial charge in [0, 0.05) is 83.2 Å². The van der Waals surface area contributed by atoms with Crippen LogP contribution >= 0.6 is 0 Å². The van der Waals surface area contributed by atoms with E-state index in [1.54, 1.807) is 70.9 Å². The number of methoxy groups -OCH3 is 5. The zero-order valence-electron chi connectivity index (χ0n) is 33.5. The van der Waals surface area contributed by atoms with Crippen LogP contribution in [0.3, 0.4) is 0 Å². The largest absolute Gasteiger partial charge is 0.462 e. The Balaban J connectivity index is 0.000000143. The van der Waals surface area contributed by atoms with E-state index in [1.807, 2.05) is 18.0 Å². The van der Waals surface area contributed by atoms with Crippen LogP contribution in [-0.2, 0) is 42.7 Å². The molecule has 1 amide bonds. The number of hydrogen-bond donors (Lipinski definition) is 1. The highest BCUT2D eigenvalue weighted by Crippen LogP contribution is 2.41. The van der Waals surface area contributed by atoms with Gasteiger partial charge in [-0.15, -0.1) is 0 Å². The summed E-state index contributed by atoms with van der Waals surface area (Å²) in [6, 6.07) is 1.99. The van der Waals surface area contributed by atoms with Crippen LogP contribution in [-0.4, -0.2) is 140 Å². The minimum Gasteiger partial charge on any atom is -0.462 e. The van der Waals surface area contributed by atoms with E-state index in [4.69, 9.17) is 47.4 Å². The van der Waals surface area contributed by atoms with E-state index in [9.17, 15) is 14.4 Å². The van der Waals surface area contributed by atoms with Crippen molar-refractivity contribution >= 4 is 5.91 Å². The summed E-state index contributed by atoms with van der Waals surface area (Å²) in [5.74, 6) is 0.337. The number of ether oxygens (including phenoxy) is 10. The molecule has 2 aromatic rings. The van der Waals surface area contributed by atoms with Crippen molar-refractivity contribution < 1.29 is 52.2 Å². The van der Waals surface area contributed by atoms with Crippen LogP contribution in [0.5, 0.6) is 12.0 Å². The highest BCUT2D eigenvalue weighted by molar-refractivity contribution is 5.93. The Bertz CT molecular complexity index is 1840. The molecule has 6 aliphatic heterocycles. The van der Waals surface area contributed by atoms with Gasteiger partial charge in [-0.1, -0.05) is 13.8 Å². The Kier molecular flexibility index (Phi) is 13.2. The molecule has 0 aromatic carbocycles. The molecule has 1 N–H and O–H groups in total. The Hall–Kier alpha value is -3.95. The average Bonchev–Trinajstić information content (AvgIpc) is 3.85. The molecule has 3 fully saturated rings. The van der Waals surface area contributed by atoms with Gasteiger partial charge in [0.05, 0.1) is 25.4 Å². The summed E-state index contributed by atoms with van der Waals surface area (Å²) in [5.41, 5.74) is 0.680. The predicted molar refractivity (Wildman–Crippen MR) is 196 cm³/mol. The van der Waals surface area contributed by atoms with Crippen molar-refractivity contribution in [3.05, 3.63) is 56.5 Å². The number of carbonyl (C=O) groups is 1. The lowest BCUT2D eigenvalue weighted by atomic mass is 10.0. The fourth-order valence-electron chi connectivity index (χ4n) is 8.09. The normalized spacial score (nSPS) is 35.0. The lowest BCUT2D eigenvalue weighted by Gasteiger charge is -2.38. The monoisotopic (exact) mass is 790 g/mol. The van der Waals surface area contributed by atoms with Gasteiger partial charge in [-0.05, 0) is 20.8 Å². The van der Waals surface area contributed by atoms with Gasteiger partial charge in [-0.25, -0.2) is 0 Å². The Morgan fingerprint density at radius 1 is 0.786 bits per heavy atom. The molecule has 0 spiro atoms. The number of rotatable bonds is 8. The minimum atomic E-state index is -0.330. The van der Waals surface area contributed by atoms with Crippen molar-refractivity contribution in [1.29, 1.82) is 0 Å². The third kappa shape index (κ3) is 8.08. The van der Waals surface area contributed by atoms with Crippen molar-refractivity contribution in [3.8, 4) is 12.0 Å². The number of amides is 1. The van der Waals surface area contributed by atoms with Crippen LogP contribution < -0.4 is 25.9 Å². The maximum atomic E-state index is 11.6. The van der Waals surface area contributed by atoms with Gasteiger partial charge in [0.2, 0.25) is 5.91 Å². The fourth-order valence-corrected chi connectivity index (χ4v) is 8.09. The Morgan fingerprint density at radius 2 is 1.43 bits per heavy atom. The molecule has 3 saturated heterocycles. The van der Waals surface area contributed by atoms with E-state index in [-0.39, 0.29) is 102 Å². The van der Waals surface area contributed by atoms with Gasteiger partial charge in [0.15, 0.2) is 12.3 Å². The van der Waals surface area contributed by atoms with Crippen molar-refractivity contribution in [1.82, 2.24) is 29.3 Å². The average molecular weight is 791 g/mol. The van der Waals surface area contributed by atoms with Crippen LogP contribution in [0, 0.1) is 18.8 Å². The number of fused-ring (bicyclic) bond motifs is 7. The highest BCUT2D eigenvalue weighted by atomic mass is 16.6. The number of nitrogens with one attached hydrogen (secondary N) is 1. The van der Waals surface area contributed by atoms with Crippen molar-refractivity contribution in [2.75, 3.05) is 55.4 Å². The van der Waals surface area contributed by atoms with Crippen LogP contribution in [0.2, 0.25) is 0 Å². The third-order valence-corrected chi connectivity index (χ3v) is 10.9. The first-order valence-corrected chi connectivity index (χ1v) is 18.6. The van der Waals surface area contributed by atoms with Crippen molar-refractivity contribution in [3.63, 3.8) is 0 Å². The first-order chi connectivity index (χ1) is 26.8. The number of aromatic nitrogens is 4. The molecular formula is C37H54N6O13. The Morgan fingerprint density at radius 3 is 2.09 bits per heavy atom. The van der Waals surface area contributed by atoms with E-state index >= 15 is 0 Å². The number of hydrogen-bond acceptors (Lipinski definition) is 16. The predicted octanol–water partition coefficient (Wildman–Crippen LogP) is 0.746. The summed E-state index contributed by atoms with van der Waals surface area (Å²) in [6.07, 6.45) is 3.53. The van der Waals surface area contributed by atoms with Gasteiger partial charge >= 0.3 is 12.0 Å². The molecule has 6 aliphatic rings. The van der Waals surface area contributed by atoms with Gasteiger partial charge in [0.1, 0.15) is 49.6 Å². The second-order valence-electron chi connectivity index (χ2n) is 14.6. The van der Waals surface area contributed by atoms with Crippen LogP contribution in [0.1, 0.15) is 45.7 Å². The standard InChI is InChI=1S/C14H24N2O4.C12H16N2O4.C11H14N2O5/c1-8-6-16(10(3)15-13(8)17)14-9(2)12(19-5)11(20-14)7-18-4;1-6-4-14-11-7(2)9(16-3)8(18-11)5-17-12(14)13-10(6)15;1-15-5-6-8(16-2)9-10(17-6)13-4-3-7(14)12-11(13)18-9/h6,9-12,14H,7H2,1-5H3,(H,15,17);4,7-9,11H,5H2,1-3H3;3-4,6,8-10H,5H2,1-2H3/t9?,10?,11-,12?,14-;7?,8-,9?,11-;6-,8?,9?,10-/m111/s1. The molecule has 0 aliphatic carbocycles. The van der Waals surface area contributed by atoms with Crippen molar-refractivity contribution in [2.24, 2.45) is 11.8 Å². The smallest absolute Gasteiger partial charge is 0.302 e. The molecule has 13 atom stereocenters. The van der Waals surface area contributed by atoms with Crippen molar-refractivity contribution in [2.45, 2.75) is 102 Å². The zero-order chi connectivity index (χ0) is 40.4. The topological polar surface area (TPSA) is 194 Å². The molecule has 0 saturated carbocycles. The van der Waals surface area contributed by atoms with E-state index in [2.05, 4.69) is 29.1 Å². The number of aryl methyl sites for hydroxylation is 1. The molecule has 19 heteroatoms. The van der Waals surface area contributed by atoms with Crippen LogP contribution in [0.4, 0.5) is 0 Å². The second kappa shape index (κ2) is 17.7. The highest BCUT2D eigenvalue weighted by Gasteiger charge is 2.52. The number of nitrogens with zero attached hydrogens (tertiary/aromatic N) is 5.